The fraction of sp³-hybridized carbons (Fsp3) is 0.500. The smallest absolute Gasteiger partial charge is 0.366 e. The van der Waals surface area contributed by atoms with Crippen LogP contribution in [0.5, 0.6) is 0 Å². The molecule has 1 aliphatic carbocycles. The molecule has 18 nitrogen and oxygen atoms in total. The number of phosphoric ester groups is 2. The molecule has 0 spiro atoms. The summed E-state index contributed by atoms with van der Waals surface area (Å²) in [6, 6.07) is 8.08. The van der Waals surface area contributed by atoms with Crippen molar-refractivity contribution in [2.24, 2.45) is 10.3 Å². The van der Waals surface area contributed by atoms with Crippen molar-refractivity contribution in [2.45, 2.75) is 61.2 Å². The summed E-state index contributed by atoms with van der Waals surface area (Å²) >= 11 is 0. The van der Waals surface area contributed by atoms with Gasteiger partial charge in [-0.15, -0.1) is 0 Å². The molecule has 2 saturated heterocycles. The standard InChI is InChI=1S/C28H38N4O14P2S2/c33-47(34,35)45-19-43-29-27-24-12-10-22(50(41,42)32-15-7-3-4-8-16-32)18-26(24)28(30-44-20-46-48(36,37)38)23-11-9-21(17-25(23)27)49(39,40)31-13-5-1-2-6-14-31/h9-12,17-18H,1-8,13-16,19-20H2,(H2,33,34,35)(H2,36,37,38)/b29-27+,30-28+. The number of rotatable bonds is 12. The molecule has 2 aromatic carbocycles. The van der Waals surface area contributed by atoms with E-state index in [1.807, 2.05) is 0 Å². The van der Waals surface area contributed by atoms with Crippen LogP contribution in [0.3, 0.4) is 0 Å². The lowest BCUT2D eigenvalue weighted by molar-refractivity contribution is 0.000324. The maximum Gasteiger partial charge on any atom is 0.472 e. The third-order valence-electron chi connectivity index (χ3n) is 8.27. The van der Waals surface area contributed by atoms with E-state index in [0.29, 0.717) is 51.9 Å². The monoisotopic (exact) mass is 780 g/mol. The zero-order chi connectivity index (χ0) is 36.2. The second-order valence-electron chi connectivity index (χ2n) is 11.7. The van der Waals surface area contributed by atoms with E-state index in [9.17, 15) is 26.0 Å². The molecule has 2 fully saturated rings. The van der Waals surface area contributed by atoms with Crippen LogP contribution in [-0.2, 0) is 47.9 Å². The SMILES string of the molecule is O=P(O)(O)OCO/N=C1\c2ccc(S(=O)(=O)N3CCCCCC3)cc2/C(=N/OCOP(=O)(O)O)c2ccc(S(=O)(=O)N3CCCCCC3)cc21. The van der Waals surface area contributed by atoms with Crippen LogP contribution in [0.15, 0.2) is 56.5 Å². The Labute approximate surface area is 289 Å². The summed E-state index contributed by atoms with van der Waals surface area (Å²) in [5.41, 5.74) is 0.414. The first-order chi connectivity index (χ1) is 23.6. The zero-order valence-electron chi connectivity index (χ0n) is 26.7. The van der Waals surface area contributed by atoms with Gasteiger partial charge in [-0.25, -0.2) is 35.0 Å². The minimum absolute atomic E-state index is 0.0543. The zero-order valence-corrected chi connectivity index (χ0v) is 30.2. The van der Waals surface area contributed by atoms with Gasteiger partial charge < -0.3 is 29.2 Å². The molecule has 0 saturated carbocycles. The van der Waals surface area contributed by atoms with Crippen LogP contribution in [0.25, 0.3) is 0 Å². The topological polar surface area (TPSA) is 251 Å². The fourth-order valence-corrected chi connectivity index (χ4v) is 9.34. The largest absolute Gasteiger partial charge is 0.472 e. The summed E-state index contributed by atoms with van der Waals surface area (Å²) in [6.07, 6.45) is 6.29. The van der Waals surface area contributed by atoms with Crippen LogP contribution in [0.1, 0.15) is 73.6 Å². The van der Waals surface area contributed by atoms with Gasteiger partial charge in [0.15, 0.2) is 0 Å². The summed E-state index contributed by atoms with van der Waals surface area (Å²) in [5, 5.41) is 8.07. The van der Waals surface area contributed by atoms with Crippen LogP contribution in [0.2, 0.25) is 0 Å². The van der Waals surface area contributed by atoms with E-state index in [1.165, 1.54) is 45.0 Å². The van der Waals surface area contributed by atoms with Gasteiger partial charge in [0.05, 0.1) is 9.79 Å². The number of nitrogens with zero attached hydrogens (tertiary/aromatic N) is 4. The molecule has 0 unspecified atom stereocenters. The first-order valence-corrected chi connectivity index (χ1v) is 21.6. The normalized spacial score (nSPS) is 20.2. The molecule has 50 heavy (non-hydrogen) atoms. The Morgan fingerprint density at radius 1 is 0.560 bits per heavy atom. The van der Waals surface area contributed by atoms with Crippen LogP contribution in [-0.4, -0.2) is 96.2 Å². The Morgan fingerprint density at radius 2 is 0.900 bits per heavy atom. The lowest BCUT2D eigenvalue weighted by Gasteiger charge is -2.26. The summed E-state index contributed by atoms with van der Waals surface area (Å²) in [5.74, 6) is 0. The average molecular weight is 781 g/mol. The minimum Gasteiger partial charge on any atom is -0.366 e. The van der Waals surface area contributed by atoms with Crippen molar-refractivity contribution in [1.82, 2.24) is 8.61 Å². The van der Waals surface area contributed by atoms with Gasteiger partial charge in [-0.2, -0.15) is 8.61 Å². The predicted octanol–water partition coefficient (Wildman–Crippen LogP) is 2.80. The molecule has 2 heterocycles. The summed E-state index contributed by atoms with van der Waals surface area (Å²) in [4.78, 5) is 46.4. The van der Waals surface area contributed by atoms with Crippen LogP contribution >= 0.6 is 15.6 Å². The molecular weight excluding hydrogens is 742 g/mol. The number of oxime groups is 2. The first kappa shape index (κ1) is 38.6. The highest BCUT2D eigenvalue weighted by Gasteiger charge is 2.34. The van der Waals surface area contributed by atoms with Crippen LogP contribution in [0, 0.1) is 0 Å². The van der Waals surface area contributed by atoms with Crippen molar-refractivity contribution in [3.63, 3.8) is 0 Å². The van der Waals surface area contributed by atoms with Gasteiger partial charge in [0.2, 0.25) is 33.6 Å². The Bertz CT molecular complexity index is 1790. The van der Waals surface area contributed by atoms with Gasteiger partial charge >= 0.3 is 15.6 Å². The molecule has 0 amide bonds. The molecular formula is C28H38N4O14P2S2. The van der Waals surface area contributed by atoms with E-state index in [-0.39, 0.29) is 43.5 Å². The number of hydrogen-bond donors (Lipinski definition) is 4. The molecule has 3 aliphatic rings. The average Bonchev–Trinajstić information content (AvgIpc) is 3.51. The Kier molecular flexibility index (Phi) is 12.3. The Morgan fingerprint density at radius 3 is 1.22 bits per heavy atom. The first-order valence-electron chi connectivity index (χ1n) is 15.7. The van der Waals surface area contributed by atoms with E-state index in [2.05, 4.69) is 19.4 Å². The van der Waals surface area contributed by atoms with Gasteiger partial charge in [0.1, 0.15) is 11.4 Å². The van der Waals surface area contributed by atoms with E-state index >= 15 is 0 Å². The van der Waals surface area contributed by atoms with Crippen molar-refractivity contribution in [3.8, 4) is 0 Å². The van der Waals surface area contributed by atoms with Gasteiger partial charge in [-0.1, -0.05) is 48.1 Å². The second-order valence-corrected chi connectivity index (χ2v) is 18.0. The van der Waals surface area contributed by atoms with Gasteiger partial charge in [0.25, 0.3) is 0 Å². The Balaban J connectivity index is 1.65. The summed E-state index contributed by atoms with van der Waals surface area (Å²) in [6.45, 7) is -0.702. The van der Waals surface area contributed by atoms with Gasteiger partial charge in [-0.3, -0.25) is 0 Å². The van der Waals surface area contributed by atoms with Crippen LogP contribution in [0.4, 0.5) is 0 Å². The van der Waals surface area contributed by atoms with Crippen LogP contribution < -0.4 is 0 Å². The van der Waals surface area contributed by atoms with E-state index in [1.54, 1.807) is 0 Å². The molecule has 2 aromatic rings. The summed E-state index contributed by atoms with van der Waals surface area (Å²) < 4.78 is 89.1. The van der Waals surface area contributed by atoms with Gasteiger partial charge in [0, 0.05) is 48.4 Å². The molecule has 0 bridgehead atoms. The van der Waals surface area contributed by atoms with Crippen molar-refractivity contribution >= 4 is 47.1 Å². The van der Waals surface area contributed by atoms with Gasteiger partial charge in [-0.05, 0) is 49.9 Å². The quantitative estimate of drug-likeness (QED) is 0.0893. The maximum absolute atomic E-state index is 13.8. The van der Waals surface area contributed by atoms with Crippen molar-refractivity contribution in [3.05, 3.63) is 58.7 Å². The molecule has 276 valence electrons. The number of fused-ring (bicyclic) bond motifs is 2. The lowest BCUT2D eigenvalue weighted by atomic mass is 9.83. The lowest BCUT2D eigenvalue weighted by Crippen LogP contribution is -2.33. The highest BCUT2D eigenvalue weighted by atomic mass is 32.2. The second kappa shape index (κ2) is 16.0. The van der Waals surface area contributed by atoms with E-state index in [4.69, 9.17) is 29.2 Å². The minimum atomic E-state index is -4.95. The predicted molar refractivity (Wildman–Crippen MR) is 177 cm³/mol. The summed E-state index contributed by atoms with van der Waals surface area (Å²) in [7, 11) is -17.9. The third-order valence-corrected chi connectivity index (χ3v) is 12.9. The van der Waals surface area contributed by atoms with E-state index < -0.39 is 49.3 Å². The maximum atomic E-state index is 13.8. The number of phosphoric acid groups is 2. The fourth-order valence-electron chi connectivity index (χ4n) is 5.89. The molecule has 5 rings (SSSR count). The molecule has 0 aromatic heterocycles. The molecule has 22 heteroatoms. The number of benzene rings is 2. The number of hydrogen-bond acceptors (Lipinski definition) is 12. The van der Waals surface area contributed by atoms with Crippen molar-refractivity contribution in [1.29, 1.82) is 0 Å². The number of sulfonamides is 2. The van der Waals surface area contributed by atoms with Crippen molar-refractivity contribution in [2.75, 3.05) is 39.8 Å². The highest BCUT2D eigenvalue weighted by Crippen LogP contribution is 2.37. The highest BCUT2D eigenvalue weighted by molar-refractivity contribution is 7.89. The third kappa shape index (κ3) is 9.44. The molecule has 2 aliphatic heterocycles. The molecule has 0 radical (unpaired) electrons. The Hall–Kier alpha value is -2.58. The molecule has 4 N–H and O–H groups in total. The van der Waals surface area contributed by atoms with E-state index in [0.717, 1.165) is 25.7 Å². The van der Waals surface area contributed by atoms with Crippen molar-refractivity contribution < 1.29 is 64.3 Å². The molecule has 0 atom stereocenters.